The highest BCUT2D eigenvalue weighted by Gasteiger charge is 2.47. The molecule has 9 heteroatoms. The average molecular weight is 503 g/mol. The molecule has 1 N–H and O–H groups in total. The Bertz CT molecular complexity index is 1350. The number of aliphatic hydroxyl groups excluding tert-OH is 1. The highest BCUT2D eigenvalue weighted by Crippen LogP contribution is 2.43. The Hall–Kier alpha value is -4.66. The first-order valence-electron chi connectivity index (χ1n) is 11.6. The Labute approximate surface area is 213 Å². The van der Waals surface area contributed by atoms with Crippen molar-refractivity contribution in [2.45, 2.75) is 19.4 Å². The number of hydrogen-bond acceptors (Lipinski definition) is 8. The van der Waals surface area contributed by atoms with Gasteiger partial charge in [0.15, 0.2) is 0 Å². The Morgan fingerprint density at radius 3 is 2.43 bits per heavy atom. The monoisotopic (exact) mass is 502 g/mol. The minimum Gasteiger partial charge on any atom is -0.507 e. The van der Waals surface area contributed by atoms with E-state index in [2.05, 4.69) is 4.98 Å². The molecule has 190 valence electrons. The normalized spacial score (nSPS) is 16.5. The first-order valence-corrected chi connectivity index (χ1v) is 11.6. The Kier molecular flexibility index (Phi) is 7.52. The molecule has 37 heavy (non-hydrogen) atoms. The van der Waals surface area contributed by atoms with Gasteiger partial charge in [0.05, 0.1) is 44.4 Å². The second-order valence-corrected chi connectivity index (χ2v) is 8.17. The third-order valence-electron chi connectivity index (χ3n) is 5.98. The van der Waals surface area contributed by atoms with Crippen molar-refractivity contribution < 1.29 is 33.7 Å². The molecule has 9 nitrogen and oxygen atoms in total. The summed E-state index contributed by atoms with van der Waals surface area (Å²) in [5.74, 6) is -1.62. The largest absolute Gasteiger partial charge is 0.507 e. The van der Waals surface area contributed by atoms with Crippen LogP contribution in [0.4, 0.5) is 5.69 Å². The van der Waals surface area contributed by atoms with E-state index in [-0.39, 0.29) is 41.6 Å². The highest BCUT2D eigenvalue weighted by atomic mass is 16.5. The van der Waals surface area contributed by atoms with Crippen LogP contribution in [0.3, 0.4) is 0 Å². The summed E-state index contributed by atoms with van der Waals surface area (Å²) >= 11 is 0. The van der Waals surface area contributed by atoms with Crippen molar-refractivity contribution in [2.75, 3.05) is 25.7 Å². The van der Waals surface area contributed by atoms with Crippen LogP contribution in [-0.4, -0.2) is 48.6 Å². The van der Waals surface area contributed by atoms with Gasteiger partial charge in [-0.15, -0.1) is 0 Å². The zero-order valence-corrected chi connectivity index (χ0v) is 20.6. The zero-order chi connectivity index (χ0) is 26.5. The number of esters is 1. The number of aromatic nitrogens is 1. The van der Waals surface area contributed by atoms with Gasteiger partial charge in [0.25, 0.3) is 11.7 Å². The van der Waals surface area contributed by atoms with Crippen molar-refractivity contribution in [3.63, 3.8) is 0 Å². The number of pyridine rings is 1. The Morgan fingerprint density at radius 1 is 1.05 bits per heavy atom. The Morgan fingerprint density at radius 2 is 1.81 bits per heavy atom. The maximum atomic E-state index is 13.3. The van der Waals surface area contributed by atoms with Crippen molar-refractivity contribution in [3.05, 3.63) is 89.3 Å². The molecule has 0 bridgehead atoms. The van der Waals surface area contributed by atoms with Crippen LogP contribution in [-0.2, 0) is 25.5 Å². The van der Waals surface area contributed by atoms with Crippen LogP contribution in [0, 0.1) is 0 Å². The number of benzene rings is 2. The lowest BCUT2D eigenvalue weighted by Gasteiger charge is -2.25. The molecule has 2 heterocycles. The van der Waals surface area contributed by atoms with Crippen LogP contribution in [0.15, 0.2) is 72.6 Å². The van der Waals surface area contributed by atoms with Gasteiger partial charge in [0.2, 0.25) is 0 Å². The number of amides is 1. The number of ether oxygens (including phenoxy) is 3. The molecule has 0 saturated carbocycles. The summed E-state index contributed by atoms with van der Waals surface area (Å²) in [5, 5.41) is 11.4. The summed E-state index contributed by atoms with van der Waals surface area (Å²) in [6.45, 7) is 2.02. The number of rotatable bonds is 8. The third-order valence-corrected chi connectivity index (χ3v) is 5.98. The number of carbonyl (C=O) groups excluding carboxylic acids is 3. The molecule has 1 unspecified atom stereocenters. The number of aliphatic hydroxyl groups is 1. The Balaban J connectivity index is 1.82. The topological polar surface area (TPSA) is 115 Å². The van der Waals surface area contributed by atoms with E-state index in [1.54, 1.807) is 67.7 Å². The number of carbonyl (C=O) groups is 3. The summed E-state index contributed by atoms with van der Waals surface area (Å²) in [4.78, 5) is 44.0. The number of hydrogen-bond donors (Lipinski definition) is 1. The fourth-order valence-electron chi connectivity index (χ4n) is 4.24. The van der Waals surface area contributed by atoms with Gasteiger partial charge in [-0.25, -0.2) is 0 Å². The van der Waals surface area contributed by atoms with Gasteiger partial charge in [-0.2, -0.15) is 0 Å². The molecular formula is C28H26N2O7. The van der Waals surface area contributed by atoms with E-state index in [0.717, 1.165) is 0 Å². The second kappa shape index (κ2) is 10.9. The predicted octanol–water partition coefficient (Wildman–Crippen LogP) is 3.83. The second-order valence-electron chi connectivity index (χ2n) is 8.17. The van der Waals surface area contributed by atoms with Gasteiger partial charge in [0, 0.05) is 24.1 Å². The fourth-order valence-corrected chi connectivity index (χ4v) is 4.24. The van der Waals surface area contributed by atoms with E-state index in [9.17, 15) is 19.5 Å². The zero-order valence-electron chi connectivity index (χ0n) is 20.6. The van der Waals surface area contributed by atoms with Crippen molar-refractivity contribution in [1.29, 1.82) is 0 Å². The van der Waals surface area contributed by atoms with Crippen molar-refractivity contribution in [2.24, 2.45) is 0 Å². The average Bonchev–Trinajstić information content (AvgIpc) is 3.19. The molecule has 1 atom stereocenters. The maximum absolute atomic E-state index is 13.3. The van der Waals surface area contributed by atoms with E-state index in [0.29, 0.717) is 22.6 Å². The summed E-state index contributed by atoms with van der Waals surface area (Å²) in [6.07, 6.45) is 3.19. The molecule has 0 aliphatic carbocycles. The van der Waals surface area contributed by atoms with Crippen LogP contribution in [0.5, 0.6) is 11.5 Å². The number of ketones is 1. The number of Topliss-reactive ketones (excluding diaryl/α,β-unsaturated/α-hetero) is 1. The van der Waals surface area contributed by atoms with Crippen molar-refractivity contribution in [3.8, 4) is 11.5 Å². The van der Waals surface area contributed by atoms with Gasteiger partial charge in [-0.1, -0.05) is 18.2 Å². The minimum atomic E-state index is -0.948. The van der Waals surface area contributed by atoms with Crippen LogP contribution >= 0.6 is 0 Å². The van der Waals surface area contributed by atoms with Gasteiger partial charge in [-0.05, 0) is 48.4 Å². The SMILES string of the molecule is CCOC(=O)Cc1ccc(N2C(=O)C(=O)/C(=C(\O)c3ccc(OC)cc3OC)C2c2cccnc2)cc1. The number of anilines is 1. The highest BCUT2D eigenvalue weighted by molar-refractivity contribution is 6.51. The summed E-state index contributed by atoms with van der Waals surface area (Å²) in [5.41, 5.74) is 1.78. The number of nitrogens with zero attached hydrogens (tertiary/aromatic N) is 2. The molecule has 0 radical (unpaired) electrons. The molecular weight excluding hydrogens is 476 g/mol. The standard InChI is InChI=1S/C28H26N2O7/c1-4-37-23(31)14-17-7-9-19(10-8-17)30-25(18-6-5-13-29-16-18)24(27(33)28(30)34)26(32)21-12-11-20(35-2)15-22(21)36-3/h5-13,15-16,25,32H,4,14H2,1-3H3/b26-24-. The first kappa shape index (κ1) is 25.4. The van der Waals surface area contributed by atoms with Gasteiger partial charge in [0.1, 0.15) is 17.3 Å². The number of methoxy groups -OCH3 is 2. The third kappa shape index (κ3) is 5.02. The van der Waals surface area contributed by atoms with Crippen molar-refractivity contribution >= 4 is 29.1 Å². The molecule has 1 aromatic heterocycles. The summed E-state index contributed by atoms with van der Waals surface area (Å²) in [7, 11) is 2.93. The lowest BCUT2D eigenvalue weighted by atomic mass is 9.95. The van der Waals surface area contributed by atoms with E-state index in [4.69, 9.17) is 14.2 Å². The molecule has 3 aromatic rings. The summed E-state index contributed by atoms with van der Waals surface area (Å²) in [6, 6.07) is 13.9. The molecule has 1 saturated heterocycles. The molecule has 2 aromatic carbocycles. The van der Waals surface area contributed by atoms with Gasteiger partial charge in [-0.3, -0.25) is 24.3 Å². The smallest absolute Gasteiger partial charge is 0.310 e. The quantitative estimate of drug-likeness (QED) is 0.214. The first-order chi connectivity index (χ1) is 17.9. The lowest BCUT2D eigenvalue weighted by Crippen LogP contribution is -2.29. The van der Waals surface area contributed by atoms with Crippen LogP contribution in [0.25, 0.3) is 5.76 Å². The molecule has 1 fully saturated rings. The predicted molar refractivity (Wildman–Crippen MR) is 135 cm³/mol. The van der Waals surface area contributed by atoms with Gasteiger partial charge < -0.3 is 19.3 Å². The molecule has 1 aliphatic heterocycles. The molecule has 1 aliphatic rings. The van der Waals surface area contributed by atoms with Crippen LogP contribution in [0.2, 0.25) is 0 Å². The maximum Gasteiger partial charge on any atom is 0.310 e. The van der Waals surface area contributed by atoms with Gasteiger partial charge >= 0.3 is 5.97 Å². The van der Waals surface area contributed by atoms with Crippen molar-refractivity contribution in [1.82, 2.24) is 4.98 Å². The fraction of sp³-hybridized carbons (Fsp3) is 0.214. The summed E-state index contributed by atoms with van der Waals surface area (Å²) < 4.78 is 15.6. The van der Waals surface area contributed by atoms with E-state index in [1.807, 2.05) is 0 Å². The van der Waals surface area contributed by atoms with E-state index < -0.39 is 17.7 Å². The molecule has 0 spiro atoms. The minimum absolute atomic E-state index is 0.0796. The van der Waals surface area contributed by atoms with Crippen LogP contribution < -0.4 is 14.4 Å². The lowest BCUT2D eigenvalue weighted by molar-refractivity contribution is -0.142. The van der Waals surface area contributed by atoms with E-state index >= 15 is 0 Å². The molecule has 4 rings (SSSR count). The van der Waals surface area contributed by atoms with E-state index in [1.165, 1.54) is 25.3 Å². The van der Waals surface area contributed by atoms with Crippen LogP contribution in [0.1, 0.15) is 29.7 Å². The molecule has 1 amide bonds.